The number of aromatic nitrogens is 3. The number of aryl methyl sites for hydroxylation is 1. The van der Waals surface area contributed by atoms with Gasteiger partial charge in [0.05, 0.1) is 19.3 Å². The Morgan fingerprint density at radius 2 is 2.39 bits per heavy atom. The van der Waals surface area contributed by atoms with Crippen molar-refractivity contribution >= 4 is 0 Å². The first kappa shape index (κ1) is 11.9. The second-order valence-corrected chi connectivity index (χ2v) is 5.18. The van der Waals surface area contributed by atoms with E-state index in [1.54, 1.807) is 4.57 Å². The van der Waals surface area contributed by atoms with Crippen LogP contribution in [0.4, 0.5) is 0 Å². The molecule has 1 aromatic heterocycles. The second kappa shape index (κ2) is 4.85. The number of aliphatic hydroxyl groups is 1. The van der Waals surface area contributed by atoms with E-state index in [1.165, 1.54) is 4.68 Å². The Labute approximate surface area is 105 Å². The molecule has 1 aromatic rings. The molecule has 100 valence electrons. The maximum absolute atomic E-state index is 12.1. The van der Waals surface area contributed by atoms with Gasteiger partial charge in [0.15, 0.2) is 0 Å². The van der Waals surface area contributed by atoms with E-state index in [0.717, 1.165) is 38.1 Å². The Morgan fingerprint density at radius 3 is 3.11 bits per heavy atom. The summed E-state index contributed by atoms with van der Waals surface area (Å²) in [5, 5.41) is 14.4. The molecule has 2 aliphatic rings. The average molecular weight is 253 g/mol. The molecule has 6 heteroatoms. The fourth-order valence-corrected chi connectivity index (χ4v) is 2.75. The lowest BCUT2D eigenvalue weighted by Crippen LogP contribution is -2.33. The van der Waals surface area contributed by atoms with Gasteiger partial charge in [-0.1, -0.05) is 0 Å². The molecule has 0 aliphatic carbocycles. The molecular weight excluding hydrogens is 234 g/mol. The summed E-state index contributed by atoms with van der Waals surface area (Å²) in [6.45, 7) is 2.34. The minimum Gasteiger partial charge on any atom is -0.391 e. The van der Waals surface area contributed by atoms with Crippen LogP contribution in [-0.4, -0.2) is 38.8 Å². The summed E-state index contributed by atoms with van der Waals surface area (Å²) in [5.74, 6) is 0.997. The summed E-state index contributed by atoms with van der Waals surface area (Å²) < 4.78 is 8.41. The van der Waals surface area contributed by atoms with Crippen molar-refractivity contribution in [3.05, 3.63) is 16.3 Å². The zero-order chi connectivity index (χ0) is 12.5. The first-order valence-electron chi connectivity index (χ1n) is 6.68. The Hall–Kier alpha value is -1.14. The van der Waals surface area contributed by atoms with Crippen LogP contribution < -0.4 is 5.69 Å². The van der Waals surface area contributed by atoms with Crippen LogP contribution in [0.3, 0.4) is 0 Å². The zero-order valence-electron chi connectivity index (χ0n) is 10.4. The van der Waals surface area contributed by atoms with Crippen LogP contribution >= 0.6 is 0 Å². The standard InChI is InChI=1S/C12H19N3O3/c16-10(9-4-6-18-8-9)7-15-12(17)14-5-2-1-3-11(14)13-15/h9-10,16H,1-8H2. The van der Waals surface area contributed by atoms with Gasteiger partial charge in [0.2, 0.25) is 0 Å². The van der Waals surface area contributed by atoms with E-state index in [9.17, 15) is 9.90 Å². The van der Waals surface area contributed by atoms with Gasteiger partial charge in [0.25, 0.3) is 0 Å². The van der Waals surface area contributed by atoms with Crippen LogP contribution in [-0.2, 0) is 24.2 Å². The Morgan fingerprint density at radius 1 is 1.50 bits per heavy atom. The van der Waals surface area contributed by atoms with E-state index in [0.29, 0.717) is 13.2 Å². The molecule has 3 rings (SSSR count). The first-order valence-corrected chi connectivity index (χ1v) is 6.68. The third kappa shape index (κ3) is 2.10. The molecule has 2 aliphatic heterocycles. The molecule has 1 saturated heterocycles. The van der Waals surface area contributed by atoms with Gasteiger partial charge in [-0.25, -0.2) is 9.48 Å². The Kier molecular flexibility index (Phi) is 3.22. The highest BCUT2D eigenvalue weighted by Crippen LogP contribution is 2.17. The first-order chi connectivity index (χ1) is 8.75. The molecule has 0 aromatic carbocycles. The van der Waals surface area contributed by atoms with Crippen LogP contribution in [0.1, 0.15) is 25.1 Å². The second-order valence-electron chi connectivity index (χ2n) is 5.18. The molecule has 0 bridgehead atoms. The topological polar surface area (TPSA) is 69.3 Å². The van der Waals surface area contributed by atoms with Crippen LogP contribution in [0.25, 0.3) is 0 Å². The van der Waals surface area contributed by atoms with Crippen molar-refractivity contribution in [2.24, 2.45) is 5.92 Å². The van der Waals surface area contributed by atoms with Gasteiger partial charge in [0.1, 0.15) is 5.82 Å². The van der Waals surface area contributed by atoms with Crippen molar-refractivity contribution in [2.45, 2.75) is 44.9 Å². The van der Waals surface area contributed by atoms with Gasteiger partial charge in [-0.2, -0.15) is 5.10 Å². The fraction of sp³-hybridized carbons (Fsp3) is 0.833. The molecule has 0 spiro atoms. The summed E-state index contributed by atoms with van der Waals surface area (Å²) in [5.41, 5.74) is -0.0809. The van der Waals surface area contributed by atoms with Gasteiger partial charge >= 0.3 is 5.69 Å². The lowest BCUT2D eigenvalue weighted by atomic mass is 10.0. The Balaban J connectivity index is 1.76. The van der Waals surface area contributed by atoms with Crippen LogP contribution in [0.15, 0.2) is 4.79 Å². The van der Waals surface area contributed by atoms with Gasteiger partial charge in [-0.3, -0.25) is 4.57 Å². The quantitative estimate of drug-likeness (QED) is 0.808. The largest absolute Gasteiger partial charge is 0.391 e. The third-order valence-corrected chi connectivity index (χ3v) is 3.90. The molecule has 0 amide bonds. The summed E-state index contributed by atoms with van der Waals surface area (Å²) in [7, 11) is 0. The molecule has 2 atom stereocenters. The lowest BCUT2D eigenvalue weighted by molar-refractivity contribution is 0.0737. The highest BCUT2D eigenvalue weighted by atomic mass is 16.5. The number of fused-ring (bicyclic) bond motifs is 1. The average Bonchev–Trinajstić information content (AvgIpc) is 3.00. The van der Waals surface area contributed by atoms with Crippen molar-refractivity contribution in [1.82, 2.24) is 14.3 Å². The number of nitrogens with zero attached hydrogens (tertiary/aromatic N) is 3. The predicted octanol–water partition coefficient (Wildman–Crippen LogP) is -0.222. The van der Waals surface area contributed by atoms with E-state index < -0.39 is 6.10 Å². The van der Waals surface area contributed by atoms with Crippen LogP contribution in [0.2, 0.25) is 0 Å². The van der Waals surface area contributed by atoms with E-state index in [-0.39, 0.29) is 18.2 Å². The summed E-state index contributed by atoms with van der Waals surface area (Å²) in [6, 6.07) is 0. The molecule has 2 unspecified atom stereocenters. The maximum atomic E-state index is 12.1. The van der Waals surface area contributed by atoms with Crippen LogP contribution in [0.5, 0.6) is 0 Å². The Bertz CT molecular complexity index is 473. The fourth-order valence-electron chi connectivity index (χ4n) is 2.75. The van der Waals surface area contributed by atoms with Crippen molar-refractivity contribution in [3.63, 3.8) is 0 Å². The van der Waals surface area contributed by atoms with Gasteiger partial charge < -0.3 is 9.84 Å². The molecular formula is C12H19N3O3. The summed E-state index contributed by atoms with van der Waals surface area (Å²) in [4.78, 5) is 12.1. The third-order valence-electron chi connectivity index (χ3n) is 3.90. The van der Waals surface area contributed by atoms with Crippen molar-refractivity contribution < 1.29 is 9.84 Å². The molecule has 3 heterocycles. The van der Waals surface area contributed by atoms with Gasteiger partial charge in [0, 0.05) is 25.5 Å². The van der Waals surface area contributed by atoms with E-state index in [2.05, 4.69) is 5.10 Å². The highest BCUT2D eigenvalue weighted by Gasteiger charge is 2.26. The van der Waals surface area contributed by atoms with Crippen molar-refractivity contribution in [1.29, 1.82) is 0 Å². The number of hydrogen-bond donors (Lipinski definition) is 1. The molecule has 18 heavy (non-hydrogen) atoms. The van der Waals surface area contributed by atoms with Crippen molar-refractivity contribution in [3.8, 4) is 0 Å². The lowest BCUT2D eigenvalue weighted by Gasteiger charge is -2.15. The predicted molar refractivity (Wildman–Crippen MR) is 64.4 cm³/mol. The monoisotopic (exact) mass is 253 g/mol. The number of aliphatic hydroxyl groups excluding tert-OH is 1. The van der Waals surface area contributed by atoms with E-state index >= 15 is 0 Å². The van der Waals surface area contributed by atoms with Gasteiger partial charge in [-0.15, -0.1) is 0 Å². The maximum Gasteiger partial charge on any atom is 0.346 e. The van der Waals surface area contributed by atoms with Gasteiger partial charge in [-0.05, 0) is 19.3 Å². The minimum atomic E-state index is -0.540. The molecule has 1 fully saturated rings. The zero-order valence-corrected chi connectivity index (χ0v) is 10.4. The summed E-state index contributed by atoms with van der Waals surface area (Å²) in [6.07, 6.45) is 3.32. The van der Waals surface area contributed by atoms with E-state index in [4.69, 9.17) is 4.74 Å². The number of hydrogen-bond acceptors (Lipinski definition) is 4. The summed E-state index contributed by atoms with van der Waals surface area (Å²) >= 11 is 0. The van der Waals surface area contributed by atoms with Crippen LogP contribution in [0, 0.1) is 5.92 Å². The minimum absolute atomic E-state index is 0.0809. The smallest absolute Gasteiger partial charge is 0.346 e. The number of rotatable bonds is 3. The number of ether oxygens (including phenoxy) is 1. The normalized spacial score (nSPS) is 25.1. The molecule has 1 N–H and O–H groups in total. The van der Waals surface area contributed by atoms with Crippen molar-refractivity contribution in [2.75, 3.05) is 13.2 Å². The molecule has 6 nitrogen and oxygen atoms in total. The molecule has 0 radical (unpaired) electrons. The van der Waals surface area contributed by atoms with E-state index in [1.807, 2.05) is 0 Å². The highest BCUT2D eigenvalue weighted by molar-refractivity contribution is 4.91. The molecule has 0 saturated carbocycles. The SMILES string of the molecule is O=c1n(CC(O)C2CCOC2)nc2n1CCCC2.